The number of hydrogen-bond donors (Lipinski definition) is 4. The first-order valence-corrected chi connectivity index (χ1v) is 10.0. The fourth-order valence-electron chi connectivity index (χ4n) is 2.81. The van der Waals surface area contributed by atoms with Crippen LogP contribution < -0.4 is 5.73 Å². The molecule has 3 unspecified atom stereocenters. The van der Waals surface area contributed by atoms with Crippen LogP contribution in [0.2, 0.25) is 0 Å². The van der Waals surface area contributed by atoms with Crippen LogP contribution in [0.1, 0.15) is 90.4 Å². The van der Waals surface area contributed by atoms with Crippen LogP contribution in [0.4, 0.5) is 0 Å². The third kappa shape index (κ3) is 14.0. The Morgan fingerprint density at radius 1 is 0.792 bits per heavy atom. The number of unbranched alkanes of at least 4 members (excludes halogenated alkanes) is 10. The molecule has 0 aliphatic carbocycles. The molecular weight excluding hydrogens is 302 g/mol. The summed E-state index contributed by atoms with van der Waals surface area (Å²) in [6, 6.07) is -0.750. The molecule has 0 fully saturated rings. The van der Waals surface area contributed by atoms with Crippen molar-refractivity contribution >= 4 is 0 Å². The van der Waals surface area contributed by atoms with Crippen LogP contribution in [0.5, 0.6) is 0 Å². The van der Waals surface area contributed by atoms with Gasteiger partial charge in [0.15, 0.2) is 0 Å². The van der Waals surface area contributed by atoms with Crippen LogP contribution in [0.3, 0.4) is 0 Å². The van der Waals surface area contributed by atoms with E-state index in [4.69, 9.17) is 10.8 Å². The molecule has 0 radical (unpaired) electrons. The average Bonchev–Trinajstić information content (AvgIpc) is 2.60. The molecule has 0 rings (SSSR count). The molecule has 0 spiro atoms. The highest BCUT2D eigenvalue weighted by molar-refractivity contribution is 4.81. The van der Waals surface area contributed by atoms with Gasteiger partial charge in [-0.05, 0) is 32.1 Å². The van der Waals surface area contributed by atoms with Gasteiger partial charge in [-0.1, -0.05) is 70.4 Å². The third-order valence-corrected chi connectivity index (χ3v) is 4.56. The molecule has 5 N–H and O–H groups in total. The molecule has 3 atom stereocenters. The molecular formula is C20H41NO3. The fourth-order valence-corrected chi connectivity index (χ4v) is 2.81. The molecule has 24 heavy (non-hydrogen) atoms. The van der Waals surface area contributed by atoms with Gasteiger partial charge in [0.05, 0.1) is 24.9 Å². The Labute approximate surface area is 149 Å². The number of rotatable bonds is 17. The normalized spacial score (nSPS) is 15.7. The second-order valence-corrected chi connectivity index (χ2v) is 6.92. The predicted molar refractivity (Wildman–Crippen MR) is 102 cm³/mol. The molecule has 0 aliphatic heterocycles. The van der Waals surface area contributed by atoms with Gasteiger partial charge >= 0.3 is 0 Å². The highest BCUT2D eigenvalue weighted by Crippen LogP contribution is 2.12. The Balaban J connectivity index is 3.32. The van der Waals surface area contributed by atoms with Crippen molar-refractivity contribution in [1.29, 1.82) is 0 Å². The monoisotopic (exact) mass is 343 g/mol. The van der Waals surface area contributed by atoms with E-state index in [1.165, 1.54) is 64.2 Å². The number of hydrogen-bond acceptors (Lipinski definition) is 4. The first-order chi connectivity index (χ1) is 11.6. The van der Waals surface area contributed by atoms with Crippen LogP contribution >= 0.6 is 0 Å². The molecule has 0 aliphatic rings. The maximum Gasteiger partial charge on any atom is 0.0971 e. The van der Waals surface area contributed by atoms with Gasteiger partial charge in [0, 0.05) is 0 Å². The fraction of sp³-hybridized carbons (Fsp3) is 0.900. The van der Waals surface area contributed by atoms with Gasteiger partial charge in [-0.15, -0.1) is 0 Å². The summed E-state index contributed by atoms with van der Waals surface area (Å²) in [5.41, 5.74) is 5.50. The second kappa shape index (κ2) is 17.4. The summed E-state index contributed by atoms with van der Waals surface area (Å²) in [5, 5.41) is 28.3. The van der Waals surface area contributed by atoms with E-state index in [9.17, 15) is 10.2 Å². The van der Waals surface area contributed by atoms with Gasteiger partial charge in [-0.25, -0.2) is 0 Å². The Morgan fingerprint density at radius 3 is 1.83 bits per heavy atom. The molecule has 0 heterocycles. The Kier molecular flexibility index (Phi) is 17.1. The Morgan fingerprint density at radius 2 is 1.29 bits per heavy atom. The van der Waals surface area contributed by atoms with Crippen LogP contribution in [0.25, 0.3) is 0 Å². The first kappa shape index (κ1) is 23.6. The molecule has 0 saturated heterocycles. The van der Waals surface area contributed by atoms with E-state index >= 15 is 0 Å². The summed E-state index contributed by atoms with van der Waals surface area (Å²) in [7, 11) is 0. The molecule has 0 saturated carbocycles. The van der Waals surface area contributed by atoms with E-state index in [1.807, 2.05) is 0 Å². The summed E-state index contributed by atoms with van der Waals surface area (Å²) in [5.74, 6) is 0. The molecule has 144 valence electrons. The molecule has 0 bridgehead atoms. The topological polar surface area (TPSA) is 86.7 Å². The lowest BCUT2D eigenvalue weighted by molar-refractivity contribution is -0.0121. The minimum atomic E-state index is -1.02. The minimum Gasteiger partial charge on any atom is -0.395 e. The maximum atomic E-state index is 9.76. The van der Waals surface area contributed by atoms with Crippen molar-refractivity contribution in [2.75, 3.05) is 6.61 Å². The average molecular weight is 344 g/mol. The van der Waals surface area contributed by atoms with Crippen LogP contribution in [-0.4, -0.2) is 40.2 Å². The van der Waals surface area contributed by atoms with Gasteiger partial charge in [0.2, 0.25) is 0 Å². The summed E-state index contributed by atoms with van der Waals surface area (Å²) in [6.45, 7) is 1.94. The quantitative estimate of drug-likeness (QED) is 0.240. The SMILES string of the molecule is CCCCCC/C=C\CCCCCCCCC(O)C(O)C(N)CO. The summed E-state index contributed by atoms with van der Waals surface area (Å²) in [4.78, 5) is 0. The number of allylic oxidation sites excluding steroid dienone is 2. The molecule has 0 aromatic carbocycles. The van der Waals surface area contributed by atoms with E-state index in [-0.39, 0.29) is 6.61 Å². The molecule has 0 aromatic rings. The second-order valence-electron chi connectivity index (χ2n) is 6.92. The lowest BCUT2D eigenvalue weighted by Crippen LogP contribution is -2.45. The lowest BCUT2D eigenvalue weighted by atomic mass is 10.00. The van der Waals surface area contributed by atoms with Crippen LogP contribution in [0, 0.1) is 0 Å². The minimum absolute atomic E-state index is 0.300. The summed E-state index contributed by atoms with van der Waals surface area (Å²) >= 11 is 0. The smallest absolute Gasteiger partial charge is 0.0971 e. The lowest BCUT2D eigenvalue weighted by Gasteiger charge is -2.22. The highest BCUT2D eigenvalue weighted by atomic mass is 16.3. The zero-order valence-electron chi connectivity index (χ0n) is 15.7. The van der Waals surface area contributed by atoms with E-state index in [1.54, 1.807) is 0 Å². The van der Waals surface area contributed by atoms with Gasteiger partial charge < -0.3 is 21.1 Å². The van der Waals surface area contributed by atoms with E-state index < -0.39 is 18.2 Å². The van der Waals surface area contributed by atoms with Gasteiger partial charge in [0.25, 0.3) is 0 Å². The van der Waals surface area contributed by atoms with Gasteiger partial charge in [-0.2, -0.15) is 0 Å². The van der Waals surface area contributed by atoms with Crippen molar-refractivity contribution in [2.45, 2.75) is 109 Å². The van der Waals surface area contributed by atoms with Crippen molar-refractivity contribution in [2.24, 2.45) is 5.73 Å². The van der Waals surface area contributed by atoms with E-state index in [0.29, 0.717) is 6.42 Å². The number of aliphatic hydroxyl groups is 3. The summed E-state index contributed by atoms with van der Waals surface area (Å²) in [6.07, 6.45) is 18.0. The summed E-state index contributed by atoms with van der Waals surface area (Å²) < 4.78 is 0. The standard InChI is InChI=1S/C20H41NO3/c1-2-3-4-5-6-7-8-9-10-11-12-13-14-15-16-19(23)20(24)18(21)17-22/h7-8,18-20,22-24H,2-6,9-17,21H2,1H3/b8-7-. The molecule has 0 amide bonds. The zero-order valence-corrected chi connectivity index (χ0v) is 15.7. The van der Waals surface area contributed by atoms with Crippen LogP contribution in [-0.2, 0) is 0 Å². The van der Waals surface area contributed by atoms with Crippen molar-refractivity contribution in [3.8, 4) is 0 Å². The number of aliphatic hydroxyl groups excluding tert-OH is 3. The molecule has 0 aromatic heterocycles. The number of nitrogens with two attached hydrogens (primary N) is 1. The first-order valence-electron chi connectivity index (χ1n) is 10.0. The maximum absolute atomic E-state index is 9.76. The molecule has 4 heteroatoms. The largest absolute Gasteiger partial charge is 0.395 e. The third-order valence-electron chi connectivity index (χ3n) is 4.56. The van der Waals surface area contributed by atoms with Crippen molar-refractivity contribution < 1.29 is 15.3 Å². The van der Waals surface area contributed by atoms with Gasteiger partial charge in [-0.3, -0.25) is 0 Å². The predicted octanol–water partition coefficient (Wildman–Crippen LogP) is 3.68. The van der Waals surface area contributed by atoms with Crippen molar-refractivity contribution in [3.05, 3.63) is 12.2 Å². The van der Waals surface area contributed by atoms with Gasteiger partial charge in [0.1, 0.15) is 0 Å². The Bertz CT molecular complexity index is 284. The van der Waals surface area contributed by atoms with E-state index in [2.05, 4.69) is 19.1 Å². The van der Waals surface area contributed by atoms with Crippen molar-refractivity contribution in [1.82, 2.24) is 0 Å². The molecule has 4 nitrogen and oxygen atoms in total. The van der Waals surface area contributed by atoms with Crippen LogP contribution in [0.15, 0.2) is 12.2 Å². The van der Waals surface area contributed by atoms with E-state index in [0.717, 1.165) is 12.8 Å². The Hall–Kier alpha value is -0.420. The zero-order chi connectivity index (χ0) is 18.0. The highest BCUT2D eigenvalue weighted by Gasteiger charge is 2.22. The van der Waals surface area contributed by atoms with Crippen molar-refractivity contribution in [3.63, 3.8) is 0 Å².